The van der Waals surface area contributed by atoms with E-state index in [1.165, 1.54) is 7.11 Å². The first kappa shape index (κ1) is 16.3. The lowest BCUT2D eigenvalue weighted by Gasteiger charge is -2.14. The molecule has 0 aromatic heterocycles. The average molecular weight is 377 g/mol. The first-order valence-corrected chi connectivity index (χ1v) is 9.11. The van der Waals surface area contributed by atoms with Crippen LogP contribution in [-0.4, -0.2) is 32.4 Å². The highest BCUT2D eigenvalue weighted by Gasteiger charge is 2.47. The molecule has 7 heteroatoms. The van der Waals surface area contributed by atoms with E-state index < -0.39 is 21.2 Å². The lowest BCUT2D eigenvalue weighted by Crippen LogP contribution is -2.21. The molecule has 1 aromatic rings. The van der Waals surface area contributed by atoms with Crippen molar-refractivity contribution in [2.45, 2.75) is 25.0 Å². The molecule has 1 saturated carbocycles. The van der Waals surface area contributed by atoms with E-state index in [-0.39, 0.29) is 17.9 Å². The molecule has 0 atom stereocenters. The molecule has 0 aliphatic heterocycles. The summed E-state index contributed by atoms with van der Waals surface area (Å²) in [5.74, 6) is -0.539. The van der Waals surface area contributed by atoms with Gasteiger partial charge in [0.2, 0.25) is 0 Å². The van der Waals surface area contributed by atoms with Crippen LogP contribution in [0.15, 0.2) is 22.7 Å². The summed E-state index contributed by atoms with van der Waals surface area (Å²) in [6, 6.07) is 5.17. The molecule has 21 heavy (non-hydrogen) atoms. The van der Waals surface area contributed by atoms with Gasteiger partial charge in [-0.3, -0.25) is 4.79 Å². The van der Waals surface area contributed by atoms with Crippen molar-refractivity contribution in [2.75, 3.05) is 12.9 Å². The molecular formula is C14H17BrO5S. The third-order valence-corrected chi connectivity index (χ3v) is 6.21. The fourth-order valence-corrected chi connectivity index (χ4v) is 5.12. The van der Waals surface area contributed by atoms with Crippen LogP contribution in [0.2, 0.25) is 0 Å². The number of hydrogen-bond donors (Lipinski definition) is 1. The molecule has 0 heterocycles. The summed E-state index contributed by atoms with van der Waals surface area (Å²) in [5, 5.41) is 8.87. The van der Waals surface area contributed by atoms with E-state index in [4.69, 9.17) is 9.84 Å². The Bertz CT molecular complexity index is 649. The number of carbonyl (C=O) groups is 1. The highest BCUT2D eigenvalue weighted by atomic mass is 79.9. The Morgan fingerprint density at radius 2 is 2.10 bits per heavy atom. The van der Waals surface area contributed by atoms with E-state index in [0.29, 0.717) is 28.6 Å². The maximum Gasteiger partial charge on any atom is 0.303 e. The topological polar surface area (TPSA) is 80.7 Å². The van der Waals surface area contributed by atoms with Gasteiger partial charge in [0, 0.05) is 4.47 Å². The van der Waals surface area contributed by atoms with Crippen molar-refractivity contribution < 1.29 is 23.1 Å². The first-order chi connectivity index (χ1) is 9.75. The van der Waals surface area contributed by atoms with Crippen LogP contribution in [-0.2, 0) is 20.4 Å². The number of ether oxygens (including phenoxy) is 1. The minimum absolute atomic E-state index is 0.0735. The number of benzene rings is 1. The van der Waals surface area contributed by atoms with Crippen LogP contribution >= 0.6 is 15.9 Å². The number of carboxylic acid groups (broad SMARTS) is 1. The predicted octanol–water partition coefficient (Wildman–Crippen LogP) is 2.63. The third-order valence-electron chi connectivity index (χ3n) is 3.64. The van der Waals surface area contributed by atoms with Crippen molar-refractivity contribution in [3.05, 3.63) is 28.2 Å². The molecule has 116 valence electrons. The summed E-state index contributed by atoms with van der Waals surface area (Å²) < 4.78 is 30.5. The highest BCUT2D eigenvalue weighted by molar-refractivity contribution is 9.10. The standard InChI is InChI=1S/C14H17BrO5S/c1-20-11-2-3-12(15)10(6-11)8-21(18,19)9-14(4-5-14)7-13(16)17/h2-3,6H,4-5,7-9H2,1H3,(H,16,17). The summed E-state index contributed by atoms with van der Waals surface area (Å²) in [7, 11) is -1.85. The average Bonchev–Trinajstić information content (AvgIpc) is 3.09. The molecule has 0 amide bonds. The molecule has 1 aliphatic rings. The lowest BCUT2D eigenvalue weighted by atomic mass is 10.1. The minimum Gasteiger partial charge on any atom is -0.497 e. The van der Waals surface area contributed by atoms with Crippen LogP contribution < -0.4 is 4.74 Å². The summed E-state index contributed by atoms with van der Waals surface area (Å²) >= 11 is 3.33. The largest absolute Gasteiger partial charge is 0.497 e. The lowest BCUT2D eigenvalue weighted by molar-refractivity contribution is -0.138. The van der Waals surface area contributed by atoms with Gasteiger partial charge in [0.15, 0.2) is 9.84 Å². The number of halogens is 1. The van der Waals surface area contributed by atoms with E-state index in [9.17, 15) is 13.2 Å². The van der Waals surface area contributed by atoms with Crippen LogP contribution in [0.3, 0.4) is 0 Å². The minimum atomic E-state index is -3.37. The van der Waals surface area contributed by atoms with Crippen molar-refractivity contribution in [3.63, 3.8) is 0 Å². The highest BCUT2D eigenvalue weighted by Crippen LogP contribution is 2.50. The normalized spacial score (nSPS) is 16.5. The monoisotopic (exact) mass is 376 g/mol. The van der Waals surface area contributed by atoms with Crippen LogP contribution in [0.1, 0.15) is 24.8 Å². The van der Waals surface area contributed by atoms with Crippen LogP contribution in [0.25, 0.3) is 0 Å². The second-order valence-electron chi connectivity index (χ2n) is 5.56. The van der Waals surface area contributed by atoms with E-state index in [2.05, 4.69) is 15.9 Å². The van der Waals surface area contributed by atoms with Gasteiger partial charge >= 0.3 is 5.97 Å². The van der Waals surface area contributed by atoms with Gasteiger partial charge < -0.3 is 9.84 Å². The molecule has 0 saturated heterocycles. The fraction of sp³-hybridized carbons (Fsp3) is 0.500. The Hall–Kier alpha value is -1.08. The molecular weight excluding hydrogens is 360 g/mol. The zero-order valence-corrected chi connectivity index (χ0v) is 14.0. The fourth-order valence-electron chi connectivity index (χ4n) is 2.41. The smallest absolute Gasteiger partial charge is 0.303 e. The molecule has 0 spiro atoms. The molecule has 2 rings (SSSR count). The summed E-state index contributed by atoms with van der Waals surface area (Å²) in [4.78, 5) is 10.8. The quantitative estimate of drug-likeness (QED) is 0.790. The third kappa shape index (κ3) is 4.44. The maximum atomic E-state index is 12.3. The van der Waals surface area contributed by atoms with Crippen molar-refractivity contribution in [3.8, 4) is 5.75 Å². The second kappa shape index (κ2) is 5.96. The zero-order valence-electron chi connectivity index (χ0n) is 11.6. The van der Waals surface area contributed by atoms with Gasteiger partial charge in [-0.1, -0.05) is 15.9 Å². The van der Waals surface area contributed by atoms with Gasteiger partial charge in [0.1, 0.15) is 5.75 Å². The number of hydrogen-bond acceptors (Lipinski definition) is 4. The number of methoxy groups -OCH3 is 1. The van der Waals surface area contributed by atoms with Crippen LogP contribution in [0.4, 0.5) is 0 Å². The molecule has 0 radical (unpaired) electrons. The number of rotatable bonds is 7. The van der Waals surface area contributed by atoms with E-state index in [0.717, 1.165) is 0 Å². The van der Waals surface area contributed by atoms with E-state index in [1.54, 1.807) is 18.2 Å². The number of aliphatic carboxylic acids is 1. The van der Waals surface area contributed by atoms with Gasteiger partial charge in [0.05, 0.1) is 25.0 Å². The number of carboxylic acids is 1. The molecule has 1 N–H and O–H groups in total. The van der Waals surface area contributed by atoms with Gasteiger partial charge in [-0.15, -0.1) is 0 Å². The van der Waals surface area contributed by atoms with Crippen LogP contribution in [0.5, 0.6) is 5.75 Å². The summed E-state index contributed by atoms with van der Waals surface area (Å²) in [6.07, 6.45) is 1.25. The predicted molar refractivity (Wildman–Crippen MR) is 82.1 cm³/mol. The van der Waals surface area contributed by atoms with Crippen molar-refractivity contribution in [1.82, 2.24) is 0 Å². The van der Waals surface area contributed by atoms with Crippen molar-refractivity contribution in [2.24, 2.45) is 5.41 Å². The van der Waals surface area contributed by atoms with Gasteiger partial charge in [-0.2, -0.15) is 0 Å². The van der Waals surface area contributed by atoms with E-state index in [1.807, 2.05) is 0 Å². The molecule has 0 bridgehead atoms. The molecule has 1 fully saturated rings. The Kier molecular flexibility index (Phi) is 4.63. The summed E-state index contributed by atoms with van der Waals surface area (Å²) in [6.45, 7) is 0. The maximum absolute atomic E-state index is 12.3. The van der Waals surface area contributed by atoms with Gasteiger partial charge in [-0.05, 0) is 42.0 Å². The van der Waals surface area contributed by atoms with Crippen molar-refractivity contribution >= 4 is 31.7 Å². The van der Waals surface area contributed by atoms with Crippen LogP contribution in [0, 0.1) is 5.41 Å². The van der Waals surface area contributed by atoms with E-state index >= 15 is 0 Å². The summed E-state index contributed by atoms with van der Waals surface area (Å²) in [5.41, 5.74) is 0.0659. The number of sulfone groups is 1. The Balaban J connectivity index is 2.13. The molecule has 1 aromatic carbocycles. The van der Waals surface area contributed by atoms with Crippen molar-refractivity contribution in [1.29, 1.82) is 0 Å². The molecule has 0 unspecified atom stereocenters. The SMILES string of the molecule is COc1ccc(Br)c(CS(=O)(=O)CC2(CC(=O)O)CC2)c1. The first-order valence-electron chi connectivity index (χ1n) is 6.50. The Morgan fingerprint density at radius 3 is 2.62 bits per heavy atom. The molecule has 1 aliphatic carbocycles. The Labute approximate surface area is 132 Å². The Morgan fingerprint density at radius 1 is 1.43 bits per heavy atom. The second-order valence-corrected chi connectivity index (χ2v) is 8.48. The van der Waals surface area contributed by atoms with Gasteiger partial charge in [0.25, 0.3) is 0 Å². The van der Waals surface area contributed by atoms with Gasteiger partial charge in [-0.25, -0.2) is 8.42 Å². The molecule has 5 nitrogen and oxygen atoms in total. The zero-order chi connectivity index (χ0) is 15.7.